The number of nitriles is 1. The minimum absolute atomic E-state index is 0.0799. The Balaban J connectivity index is 2.78. The number of thiocarbonyl (C=S) groups is 1. The van der Waals surface area contributed by atoms with Crippen LogP contribution < -0.4 is 0 Å². The summed E-state index contributed by atoms with van der Waals surface area (Å²) in [5.74, 6) is -0.272. The third kappa shape index (κ3) is 5.00. The number of rotatable bonds is 3. The van der Waals surface area contributed by atoms with E-state index < -0.39 is 11.7 Å². The number of hydrogen-bond acceptors (Lipinski definition) is 3. The molecule has 0 saturated heterocycles. The van der Waals surface area contributed by atoms with E-state index in [1.165, 1.54) is 47.4 Å². The van der Waals surface area contributed by atoms with Gasteiger partial charge in [0, 0.05) is 24.7 Å². The molecule has 0 saturated carbocycles. The molecule has 27 heavy (non-hydrogen) atoms. The molecule has 0 aliphatic rings. The summed E-state index contributed by atoms with van der Waals surface area (Å²) in [5, 5.41) is 10.0. The number of alkyl halides is 3. The number of hydrogen-bond donors (Lipinski definition) is 0. The van der Waals surface area contributed by atoms with E-state index in [0.29, 0.717) is 10.6 Å². The van der Waals surface area contributed by atoms with E-state index in [0.717, 1.165) is 6.07 Å². The lowest BCUT2D eigenvalue weighted by atomic mass is 9.98. The van der Waals surface area contributed by atoms with Crippen molar-refractivity contribution in [1.29, 1.82) is 5.26 Å². The van der Waals surface area contributed by atoms with Crippen LogP contribution in [-0.2, 0) is 10.9 Å². The molecular weight excluding hydrogens is 397 g/mol. The molecule has 0 aliphatic carbocycles. The first kappa shape index (κ1) is 20.7. The molecule has 0 amide bonds. The van der Waals surface area contributed by atoms with E-state index in [2.05, 4.69) is 0 Å². The van der Waals surface area contributed by atoms with Crippen molar-refractivity contribution in [2.75, 3.05) is 14.1 Å². The van der Waals surface area contributed by atoms with E-state index >= 15 is 0 Å². The van der Waals surface area contributed by atoms with Crippen LogP contribution in [0, 0.1) is 11.3 Å². The van der Waals surface area contributed by atoms with Crippen molar-refractivity contribution >= 4 is 40.3 Å². The zero-order valence-electron chi connectivity index (χ0n) is 14.3. The van der Waals surface area contributed by atoms with Crippen LogP contribution in [0.4, 0.5) is 13.2 Å². The van der Waals surface area contributed by atoms with Crippen molar-refractivity contribution in [2.24, 2.45) is 0 Å². The monoisotopic (exact) mass is 410 g/mol. The second-order valence-corrected chi connectivity index (χ2v) is 6.41. The summed E-state index contributed by atoms with van der Waals surface area (Å²) >= 11 is 10.9. The summed E-state index contributed by atoms with van der Waals surface area (Å²) in [5.41, 5.74) is -0.938. The lowest BCUT2D eigenvalue weighted by molar-refractivity contribution is -0.137. The van der Waals surface area contributed by atoms with Gasteiger partial charge in [0.05, 0.1) is 5.56 Å². The number of nitrogens with zero attached hydrogens (tertiary/aromatic N) is 2. The fraction of sp³-hybridized carbons (Fsp3) is 0.158. The highest BCUT2D eigenvalue weighted by atomic mass is 35.5. The van der Waals surface area contributed by atoms with Crippen LogP contribution in [0.1, 0.15) is 16.7 Å². The maximum Gasteiger partial charge on any atom is 0.417 e. The van der Waals surface area contributed by atoms with Crippen LogP contribution in [0.25, 0.3) is 11.3 Å². The lowest BCUT2D eigenvalue weighted by Crippen LogP contribution is -2.23. The molecule has 0 fully saturated rings. The number of ether oxygens (including phenoxy) is 1. The van der Waals surface area contributed by atoms with E-state index in [-0.39, 0.29) is 22.1 Å². The molecule has 0 radical (unpaired) electrons. The van der Waals surface area contributed by atoms with Crippen LogP contribution in [0.3, 0.4) is 0 Å². The van der Waals surface area contributed by atoms with Gasteiger partial charge in [-0.05, 0) is 36.0 Å². The van der Waals surface area contributed by atoms with Gasteiger partial charge in [0.25, 0.3) is 5.17 Å². The summed E-state index contributed by atoms with van der Waals surface area (Å²) in [6.07, 6.45) is -4.63. The summed E-state index contributed by atoms with van der Waals surface area (Å²) in [6, 6.07) is 12.9. The van der Waals surface area contributed by atoms with Gasteiger partial charge >= 0.3 is 6.18 Å². The standard InChI is InChI=1S/C19H14ClF3N2OS/c1-25(2)18(27)26-17(14-5-3-4-6-16(14)19(21,22)23)15(11-24)12-7-9-13(20)10-8-12/h3-10H,1-2H3/b17-15+. The molecule has 0 atom stereocenters. The van der Waals surface area contributed by atoms with Crippen molar-refractivity contribution in [2.45, 2.75) is 6.18 Å². The number of allylic oxidation sites excluding steroid dienone is 1. The largest absolute Gasteiger partial charge is 0.430 e. The Morgan fingerprint density at radius 1 is 1.11 bits per heavy atom. The Labute approximate surface area is 165 Å². The Bertz CT molecular complexity index is 916. The Morgan fingerprint density at radius 2 is 1.70 bits per heavy atom. The molecule has 0 spiro atoms. The normalized spacial score (nSPS) is 12.0. The zero-order valence-corrected chi connectivity index (χ0v) is 15.9. The zero-order chi connectivity index (χ0) is 20.2. The topological polar surface area (TPSA) is 36.3 Å². The molecule has 0 unspecified atom stereocenters. The Hall–Kier alpha value is -2.56. The first-order chi connectivity index (χ1) is 12.6. The van der Waals surface area contributed by atoms with Gasteiger partial charge in [-0.2, -0.15) is 18.4 Å². The molecule has 0 bridgehead atoms. The van der Waals surface area contributed by atoms with Gasteiger partial charge in [0.1, 0.15) is 11.6 Å². The van der Waals surface area contributed by atoms with Crippen molar-refractivity contribution in [3.8, 4) is 6.07 Å². The molecule has 0 N–H and O–H groups in total. The second-order valence-electron chi connectivity index (χ2n) is 5.63. The molecule has 2 aromatic carbocycles. The van der Waals surface area contributed by atoms with Crippen molar-refractivity contribution in [3.05, 3.63) is 70.2 Å². The van der Waals surface area contributed by atoms with Gasteiger partial charge in [-0.25, -0.2) is 0 Å². The van der Waals surface area contributed by atoms with Crippen LogP contribution >= 0.6 is 23.8 Å². The molecule has 140 valence electrons. The predicted molar refractivity (Wildman–Crippen MR) is 103 cm³/mol. The minimum Gasteiger partial charge on any atom is -0.430 e. The highest BCUT2D eigenvalue weighted by Crippen LogP contribution is 2.38. The highest BCUT2D eigenvalue weighted by molar-refractivity contribution is 7.80. The van der Waals surface area contributed by atoms with Crippen LogP contribution in [0.5, 0.6) is 0 Å². The first-order valence-corrected chi connectivity index (χ1v) is 8.39. The molecular formula is C19H14ClF3N2OS. The summed E-state index contributed by atoms with van der Waals surface area (Å²) < 4.78 is 46.1. The minimum atomic E-state index is -4.63. The maximum absolute atomic E-state index is 13.5. The quantitative estimate of drug-likeness (QED) is 0.285. The smallest absolute Gasteiger partial charge is 0.417 e. The molecule has 0 aromatic heterocycles. The van der Waals surface area contributed by atoms with Crippen molar-refractivity contribution in [3.63, 3.8) is 0 Å². The molecule has 2 rings (SSSR count). The molecule has 3 nitrogen and oxygen atoms in total. The molecule has 0 aliphatic heterocycles. The SMILES string of the molecule is CN(C)C(=S)O/C(=C(\C#N)c1ccc(Cl)cc1)c1ccccc1C(F)(F)F. The molecule has 2 aromatic rings. The van der Waals surface area contributed by atoms with E-state index in [4.69, 9.17) is 28.6 Å². The molecule has 8 heteroatoms. The lowest BCUT2D eigenvalue weighted by Gasteiger charge is -2.20. The Morgan fingerprint density at radius 3 is 2.22 bits per heavy atom. The fourth-order valence-corrected chi connectivity index (χ4v) is 2.42. The van der Waals surface area contributed by atoms with Gasteiger partial charge in [-0.3, -0.25) is 0 Å². The van der Waals surface area contributed by atoms with Crippen molar-refractivity contribution < 1.29 is 17.9 Å². The average molecular weight is 411 g/mol. The van der Waals surface area contributed by atoms with Gasteiger partial charge in [-0.15, -0.1) is 0 Å². The fourth-order valence-electron chi connectivity index (χ4n) is 2.21. The van der Waals surface area contributed by atoms with Gasteiger partial charge in [0.15, 0.2) is 5.76 Å². The number of benzene rings is 2. The second kappa shape index (κ2) is 8.42. The van der Waals surface area contributed by atoms with E-state index in [1.807, 2.05) is 6.07 Å². The number of halogens is 4. The van der Waals surface area contributed by atoms with Crippen LogP contribution in [0.2, 0.25) is 5.02 Å². The summed E-state index contributed by atoms with van der Waals surface area (Å²) in [4.78, 5) is 1.42. The third-order valence-corrected chi connectivity index (χ3v) is 4.20. The van der Waals surface area contributed by atoms with Crippen molar-refractivity contribution in [1.82, 2.24) is 4.90 Å². The summed E-state index contributed by atoms with van der Waals surface area (Å²) in [7, 11) is 3.17. The van der Waals surface area contributed by atoms with E-state index in [9.17, 15) is 18.4 Å². The summed E-state index contributed by atoms with van der Waals surface area (Å²) in [6.45, 7) is 0. The maximum atomic E-state index is 13.5. The van der Waals surface area contributed by atoms with Gasteiger partial charge < -0.3 is 9.64 Å². The molecule has 0 heterocycles. The van der Waals surface area contributed by atoms with Gasteiger partial charge in [-0.1, -0.05) is 41.9 Å². The predicted octanol–water partition coefficient (Wildman–Crippen LogP) is 5.61. The van der Waals surface area contributed by atoms with Crippen LogP contribution in [-0.4, -0.2) is 24.2 Å². The average Bonchev–Trinajstić information content (AvgIpc) is 2.62. The third-order valence-electron chi connectivity index (χ3n) is 3.50. The van der Waals surface area contributed by atoms with E-state index in [1.54, 1.807) is 14.1 Å². The van der Waals surface area contributed by atoms with Crippen LogP contribution in [0.15, 0.2) is 48.5 Å². The van der Waals surface area contributed by atoms with Gasteiger partial charge in [0.2, 0.25) is 0 Å². The highest BCUT2D eigenvalue weighted by Gasteiger charge is 2.35. The first-order valence-electron chi connectivity index (χ1n) is 7.61. The Kier molecular flexibility index (Phi) is 6.47.